The lowest BCUT2D eigenvalue weighted by molar-refractivity contribution is -0.133. The number of aliphatic hydroxyl groups excluding tert-OH is 1. The third-order valence-electron chi connectivity index (χ3n) is 7.72. The van der Waals surface area contributed by atoms with E-state index >= 15 is 0 Å². The monoisotopic (exact) mass is 483 g/mol. The Hall–Kier alpha value is -2.22. The highest BCUT2D eigenvalue weighted by molar-refractivity contribution is 6.30. The van der Waals surface area contributed by atoms with E-state index in [1.165, 1.54) is 0 Å². The van der Waals surface area contributed by atoms with E-state index in [0.29, 0.717) is 24.5 Å². The van der Waals surface area contributed by atoms with Gasteiger partial charge < -0.3 is 20.2 Å². The van der Waals surface area contributed by atoms with Gasteiger partial charge in [0, 0.05) is 48.3 Å². The first-order chi connectivity index (χ1) is 16.2. The fourth-order valence-corrected chi connectivity index (χ4v) is 6.05. The number of anilines is 1. The Bertz CT molecular complexity index is 1050. The van der Waals surface area contributed by atoms with Gasteiger partial charge in [0.15, 0.2) is 0 Å². The minimum absolute atomic E-state index is 0.0307. The van der Waals surface area contributed by atoms with Crippen LogP contribution in [0.4, 0.5) is 5.82 Å². The number of carbonyl (C=O) groups is 1. The zero-order valence-corrected chi connectivity index (χ0v) is 20.9. The van der Waals surface area contributed by atoms with E-state index in [2.05, 4.69) is 41.0 Å². The molecule has 4 atom stereocenters. The van der Waals surface area contributed by atoms with Crippen molar-refractivity contribution in [1.82, 2.24) is 20.2 Å². The van der Waals surface area contributed by atoms with E-state index in [1.54, 1.807) is 6.33 Å². The molecule has 8 heteroatoms. The van der Waals surface area contributed by atoms with Gasteiger partial charge in [-0.3, -0.25) is 4.79 Å². The molecule has 0 saturated carbocycles. The number of hydrogen-bond acceptors (Lipinski definition) is 6. The summed E-state index contributed by atoms with van der Waals surface area (Å²) in [4.78, 5) is 27.0. The number of amides is 1. The maximum Gasteiger partial charge on any atom is 0.231 e. The minimum atomic E-state index is -0.516. The van der Waals surface area contributed by atoms with Gasteiger partial charge in [-0.1, -0.05) is 30.7 Å². The van der Waals surface area contributed by atoms with Crippen LogP contribution in [0.2, 0.25) is 5.02 Å². The maximum absolute atomic E-state index is 13.9. The molecule has 2 unspecified atom stereocenters. The first kappa shape index (κ1) is 23.5. The van der Waals surface area contributed by atoms with Gasteiger partial charge in [0.05, 0.1) is 17.7 Å². The van der Waals surface area contributed by atoms with Crippen LogP contribution in [0, 0.1) is 0 Å². The van der Waals surface area contributed by atoms with Crippen LogP contribution in [0.25, 0.3) is 0 Å². The summed E-state index contributed by atoms with van der Waals surface area (Å²) in [6.07, 6.45) is 3.74. The SMILES string of the molecule is C[C@@H]1C[C@H](O)c2ncnc(N3CCN(C(=O)C(c4ccc(Cl)cc4)C4CCC(C)(C)N4)CC3)c21. The molecule has 1 aromatic carbocycles. The summed E-state index contributed by atoms with van der Waals surface area (Å²) < 4.78 is 0. The van der Waals surface area contributed by atoms with Crippen molar-refractivity contribution in [3.8, 4) is 0 Å². The molecule has 2 aromatic rings. The van der Waals surface area contributed by atoms with Crippen LogP contribution in [0.15, 0.2) is 30.6 Å². The molecule has 3 heterocycles. The Morgan fingerprint density at radius 1 is 1.18 bits per heavy atom. The molecule has 5 rings (SSSR count). The number of hydrogen-bond donors (Lipinski definition) is 2. The fourth-order valence-electron chi connectivity index (χ4n) is 5.92. The number of nitrogens with zero attached hydrogens (tertiary/aromatic N) is 4. The van der Waals surface area contributed by atoms with Crippen LogP contribution >= 0.6 is 11.6 Å². The van der Waals surface area contributed by atoms with Crippen molar-refractivity contribution in [2.75, 3.05) is 31.1 Å². The van der Waals surface area contributed by atoms with E-state index in [9.17, 15) is 9.90 Å². The van der Waals surface area contributed by atoms with Crippen molar-refractivity contribution >= 4 is 23.3 Å². The van der Waals surface area contributed by atoms with Gasteiger partial charge in [0.25, 0.3) is 0 Å². The van der Waals surface area contributed by atoms with Crippen molar-refractivity contribution in [1.29, 1.82) is 0 Å². The van der Waals surface area contributed by atoms with E-state index in [4.69, 9.17) is 11.6 Å². The van der Waals surface area contributed by atoms with Gasteiger partial charge in [0.1, 0.15) is 12.1 Å². The molecular weight excluding hydrogens is 450 g/mol. The number of piperazine rings is 1. The number of carbonyl (C=O) groups excluding carboxylic acids is 1. The topological polar surface area (TPSA) is 81.6 Å². The van der Waals surface area contributed by atoms with Crippen LogP contribution in [0.5, 0.6) is 0 Å². The van der Waals surface area contributed by atoms with E-state index in [-0.39, 0.29) is 29.3 Å². The summed E-state index contributed by atoms with van der Waals surface area (Å²) in [6.45, 7) is 9.25. The van der Waals surface area contributed by atoms with Crippen LogP contribution in [-0.2, 0) is 4.79 Å². The average molecular weight is 484 g/mol. The second-order valence-corrected chi connectivity index (χ2v) is 11.1. The normalized spacial score (nSPS) is 27.0. The third-order valence-corrected chi connectivity index (χ3v) is 7.98. The molecule has 2 aliphatic heterocycles. The molecule has 0 spiro atoms. The largest absolute Gasteiger partial charge is 0.387 e. The Labute approximate surface area is 206 Å². The van der Waals surface area contributed by atoms with Crippen LogP contribution in [0.1, 0.15) is 74.8 Å². The Kier molecular flexibility index (Phi) is 6.29. The van der Waals surface area contributed by atoms with Crippen molar-refractivity contribution in [3.63, 3.8) is 0 Å². The summed E-state index contributed by atoms with van der Waals surface area (Å²) in [7, 11) is 0. The van der Waals surface area contributed by atoms with Gasteiger partial charge in [-0.05, 0) is 56.7 Å². The van der Waals surface area contributed by atoms with E-state index in [0.717, 1.165) is 48.6 Å². The van der Waals surface area contributed by atoms with E-state index < -0.39 is 6.10 Å². The van der Waals surface area contributed by atoms with E-state index in [1.807, 2.05) is 29.2 Å². The molecule has 0 radical (unpaired) electrons. The van der Waals surface area contributed by atoms with Crippen molar-refractivity contribution in [3.05, 3.63) is 52.4 Å². The van der Waals surface area contributed by atoms with Crippen LogP contribution in [-0.4, -0.2) is 63.6 Å². The number of fused-ring (bicyclic) bond motifs is 1. The molecule has 1 aliphatic carbocycles. The minimum Gasteiger partial charge on any atom is -0.387 e. The first-order valence-corrected chi connectivity index (χ1v) is 12.7. The molecule has 2 fully saturated rings. The predicted molar refractivity (Wildman–Crippen MR) is 133 cm³/mol. The molecule has 182 valence electrons. The molecule has 0 bridgehead atoms. The first-order valence-electron chi connectivity index (χ1n) is 12.3. The Morgan fingerprint density at radius 3 is 2.53 bits per heavy atom. The van der Waals surface area contributed by atoms with Gasteiger partial charge >= 0.3 is 0 Å². The lowest BCUT2D eigenvalue weighted by Crippen LogP contribution is -2.53. The quantitative estimate of drug-likeness (QED) is 0.691. The smallest absolute Gasteiger partial charge is 0.231 e. The lowest BCUT2D eigenvalue weighted by atomic mass is 9.88. The zero-order chi connectivity index (χ0) is 24.0. The Morgan fingerprint density at radius 2 is 1.88 bits per heavy atom. The summed E-state index contributed by atoms with van der Waals surface area (Å²) in [5, 5.41) is 14.7. The molecule has 3 aliphatic rings. The molecular formula is C26H34ClN5O2. The van der Waals surface area contributed by atoms with Crippen LogP contribution in [0.3, 0.4) is 0 Å². The van der Waals surface area contributed by atoms with Gasteiger partial charge in [0.2, 0.25) is 5.91 Å². The van der Waals surface area contributed by atoms with Gasteiger partial charge in [-0.2, -0.15) is 0 Å². The number of halogens is 1. The zero-order valence-electron chi connectivity index (χ0n) is 20.2. The highest BCUT2D eigenvalue weighted by atomic mass is 35.5. The molecule has 1 aromatic heterocycles. The molecule has 34 heavy (non-hydrogen) atoms. The number of benzene rings is 1. The van der Waals surface area contributed by atoms with Gasteiger partial charge in [-0.25, -0.2) is 9.97 Å². The lowest BCUT2D eigenvalue weighted by Gasteiger charge is -2.39. The predicted octanol–water partition coefficient (Wildman–Crippen LogP) is 3.63. The summed E-state index contributed by atoms with van der Waals surface area (Å²) in [6, 6.07) is 7.84. The van der Waals surface area contributed by atoms with Crippen molar-refractivity contribution in [2.45, 2.75) is 69.6 Å². The second-order valence-electron chi connectivity index (χ2n) is 10.7. The van der Waals surface area contributed by atoms with Crippen molar-refractivity contribution in [2.24, 2.45) is 0 Å². The number of aromatic nitrogens is 2. The summed E-state index contributed by atoms with van der Waals surface area (Å²) in [5.41, 5.74) is 2.87. The number of nitrogens with one attached hydrogen (secondary N) is 1. The Balaban J connectivity index is 1.33. The molecule has 1 amide bonds. The standard InChI is InChI=1S/C26H34ClN5O2/c1-16-14-20(33)23-21(16)24(29-15-28-23)31-10-12-32(13-11-31)25(34)22(17-4-6-18(27)7-5-17)19-8-9-26(2,3)30-19/h4-7,15-16,19-20,22,30,33H,8-14H2,1-3H3/t16-,19?,20+,22?/m1/s1. The van der Waals surface area contributed by atoms with Crippen LogP contribution < -0.4 is 10.2 Å². The third kappa shape index (κ3) is 4.41. The molecule has 2 N–H and O–H groups in total. The average Bonchev–Trinajstić information content (AvgIpc) is 3.33. The summed E-state index contributed by atoms with van der Waals surface area (Å²) in [5.74, 6) is 1.08. The molecule has 2 saturated heterocycles. The van der Waals surface area contributed by atoms with Crippen molar-refractivity contribution < 1.29 is 9.90 Å². The summed E-state index contributed by atoms with van der Waals surface area (Å²) >= 11 is 6.14. The maximum atomic E-state index is 13.9. The highest BCUT2D eigenvalue weighted by Crippen LogP contribution is 2.43. The molecule has 7 nitrogen and oxygen atoms in total. The fraction of sp³-hybridized carbons (Fsp3) is 0.577. The number of aliphatic hydroxyl groups is 1. The second kappa shape index (κ2) is 9.10. The number of rotatable bonds is 4. The highest BCUT2D eigenvalue weighted by Gasteiger charge is 2.41. The van der Waals surface area contributed by atoms with Gasteiger partial charge in [-0.15, -0.1) is 0 Å².